The molecule has 6 atom stereocenters. The van der Waals surface area contributed by atoms with Gasteiger partial charge in [0.05, 0.1) is 12.9 Å². The van der Waals surface area contributed by atoms with E-state index in [1.54, 1.807) is 0 Å². The second kappa shape index (κ2) is 8.53. The molecule has 9 N–H and O–H groups in total. The van der Waals surface area contributed by atoms with Gasteiger partial charge in [0, 0.05) is 0 Å². The number of nitrogens with two attached hydrogens (primary N) is 1. The standard InChI is InChI=1S/C10H17N6O12P3/c11-8-5-9(13-2-12-8)16(3-14-5)10-7(18)6(17)4(27-10)1-26-31(24,25)28-30(22,23)15-29(19,20)21/h2-4,6-7,10,17-18H,1H2,(H,24,25)(H2,11,12,13)(H4,15,19,20,21,22,23)/t4-,6+,7-,10+/m1/s1. The van der Waals surface area contributed by atoms with Crippen molar-refractivity contribution in [1.82, 2.24) is 24.4 Å². The first kappa shape index (κ1) is 24.3. The molecule has 1 aliphatic rings. The number of phosphoric acid groups is 1. The third-order valence-corrected chi connectivity index (χ3v) is 8.11. The van der Waals surface area contributed by atoms with Crippen molar-refractivity contribution in [1.29, 1.82) is 0 Å². The Morgan fingerprint density at radius 3 is 2.45 bits per heavy atom. The fourth-order valence-electron chi connectivity index (χ4n) is 2.67. The Balaban J connectivity index is 1.69. The molecule has 1 saturated heterocycles. The zero-order valence-corrected chi connectivity index (χ0v) is 17.7. The minimum absolute atomic E-state index is 0.0485. The number of fused-ring (bicyclic) bond motifs is 1. The number of nitrogens with one attached hydrogen (secondary N) is 1. The molecule has 2 aromatic rings. The zero-order chi connectivity index (χ0) is 23.2. The van der Waals surface area contributed by atoms with E-state index < -0.39 is 54.5 Å². The minimum atomic E-state index is -5.45. The molecule has 3 rings (SSSR count). The van der Waals surface area contributed by atoms with Crippen LogP contribution in [-0.4, -0.2) is 74.2 Å². The zero-order valence-electron chi connectivity index (χ0n) is 15.0. The lowest BCUT2D eigenvalue weighted by molar-refractivity contribution is -0.0502. The van der Waals surface area contributed by atoms with E-state index in [1.165, 1.54) is 10.9 Å². The number of rotatable bonds is 8. The van der Waals surface area contributed by atoms with Gasteiger partial charge in [-0.25, -0.2) is 28.6 Å². The fraction of sp³-hybridized carbons (Fsp3) is 0.500. The molecule has 0 aromatic carbocycles. The average Bonchev–Trinajstić information content (AvgIpc) is 3.13. The van der Waals surface area contributed by atoms with Crippen LogP contribution in [0.2, 0.25) is 0 Å². The van der Waals surface area contributed by atoms with E-state index in [0.717, 1.165) is 11.2 Å². The highest BCUT2D eigenvalue weighted by Gasteiger charge is 2.46. The molecule has 1 aliphatic heterocycles. The van der Waals surface area contributed by atoms with Crippen LogP contribution >= 0.6 is 23.3 Å². The fourth-order valence-corrected chi connectivity index (χ4v) is 6.10. The Morgan fingerprint density at radius 1 is 1.13 bits per heavy atom. The van der Waals surface area contributed by atoms with Crippen molar-refractivity contribution < 1.29 is 57.1 Å². The van der Waals surface area contributed by atoms with Gasteiger partial charge in [-0.05, 0) is 0 Å². The number of ether oxygens (including phenoxy) is 1. The van der Waals surface area contributed by atoms with Gasteiger partial charge in [-0.15, -0.1) is 4.86 Å². The number of aromatic nitrogens is 4. The van der Waals surface area contributed by atoms with Gasteiger partial charge in [-0.2, -0.15) is 4.31 Å². The lowest BCUT2D eigenvalue weighted by Gasteiger charge is -2.19. The van der Waals surface area contributed by atoms with Crippen LogP contribution in [0.5, 0.6) is 0 Å². The summed E-state index contributed by atoms with van der Waals surface area (Å²) in [5, 5.41) is 20.4. The molecule has 3 heterocycles. The summed E-state index contributed by atoms with van der Waals surface area (Å²) in [6, 6.07) is 0. The first-order chi connectivity index (χ1) is 14.2. The first-order valence-electron chi connectivity index (χ1n) is 8.00. The lowest BCUT2D eigenvalue weighted by atomic mass is 10.1. The van der Waals surface area contributed by atoms with Gasteiger partial charge in [-0.1, -0.05) is 0 Å². The molecule has 2 unspecified atom stereocenters. The number of phosphoric ester groups is 1. The minimum Gasteiger partial charge on any atom is -0.387 e. The van der Waals surface area contributed by atoms with Crippen LogP contribution in [0, 0.1) is 0 Å². The summed E-state index contributed by atoms with van der Waals surface area (Å²) >= 11 is 0. The Bertz CT molecular complexity index is 1110. The van der Waals surface area contributed by atoms with Crippen LogP contribution < -0.4 is 10.6 Å². The van der Waals surface area contributed by atoms with Crippen molar-refractivity contribution in [2.45, 2.75) is 24.5 Å². The smallest absolute Gasteiger partial charge is 0.387 e. The van der Waals surface area contributed by atoms with Gasteiger partial charge in [0.15, 0.2) is 17.7 Å². The van der Waals surface area contributed by atoms with E-state index in [-0.39, 0.29) is 17.0 Å². The Labute approximate surface area is 172 Å². The molecule has 0 saturated carbocycles. The number of nitrogens with zero attached hydrogens (tertiary/aromatic N) is 4. The normalized spacial score (nSPS) is 28.5. The Hall–Kier alpha value is -1.36. The van der Waals surface area contributed by atoms with Gasteiger partial charge >= 0.3 is 23.3 Å². The Morgan fingerprint density at radius 2 is 1.81 bits per heavy atom. The van der Waals surface area contributed by atoms with Crippen molar-refractivity contribution in [3.05, 3.63) is 12.7 Å². The Kier molecular flexibility index (Phi) is 6.68. The summed E-state index contributed by atoms with van der Waals surface area (Å²) in [7, 11) is -16.1. The number of hydrogen-bond donors (Lipinski definition) is 8. The molecule has 0 amide bonds. The molecule has 31 heavy (non-hydrogen) atoms. The summed E-state index contributed by atoms with van der Waals surface area (Å²) in [5.74, 6) is 0.0485. The van der Waals surface area contributed by atoms with Crippen molar-refractivity contribution in [2.24, 2.45) is 0 Å². The predicted octanol–water partition coefficient (Wildman–Crippen LogP) is -2.06. The van der Waals surface area contributed by atoms with Crippen LogP contribution in [-0.2, 0) is 27.3 Å². The maximum Gasteiger partial charge on any atom is 0.480 e. The number of imidazole rings is 1. The van der Waals surface area contributed by atoms with Crippen LogP contribution in [0.15, 0.2) is 12.7 Å². The van der Waals surface area contributed by atoms with Crippen LogP contribution in [0.4, 0.5) is 5.82 Å². The number of aliphatic hydroxyl groups excluding tert-OH is 2. The monoisotopic (exact) mass is 506 g/mol. The summed E-state index contributed by atoms with van der Waals surface area (Å²) in [4.78, 5) is 48.5. The second-order valence-electron chi connectivity index (χ2n) is 6.14. The van der Waals surface area contributed by atoms with E-state index in [0.29, 0.717) is 0 Å². The van der Waals surface area contributed by atoms with Crippen molar-refractivity contribution in [2.75, 3.05) is 12.3 Å². The van der Waals surface area contributed by atoms with Crippen LogP contribution in [0.3, 0.4) is 0 Å². The van der Waals surface area contributed by atoms with Gasteiger partial charge in [0.2, 0.25) is 0 Å². The van der Waals surface area contributed by atoms with E-state index in [4.69, 9.17) is 20.3 Å². The second-order valence-corrected chi connectivity index (χ2v) is 10.9. The summed E-state index contributed by atoms with van der Waals surface area (Å²) < 4.78 is 48.9. The molecule has 21 heteroatoms. The van der Waals surface area contributed by atoms with E-state index in [1.807, 2.05) is 0 Å². The molecule has 0 spiro atoms. The number of hydrogen-bond acceptors (Lipinski definition) is 12. The van der Waals surface area contributed by atoms with Crippen LogP contribution in [0.1, 0.15) is 6.23 Å². The third-order valence-electron chi connectivity index (χ3n) is 3.87. The third kappa shape index (κ3) is 5.71. The summed E-state index contributed by atoms with van der Waals surface area (Å²) in [5.41, 5.74) is 6.02. The molecule has 18 nitrogen and oxygen atoms in total. The highest BCUT2D eigenvalue weighted by Crippen LogP contribution is 2.61. The number of anilines is 1. The molecule has 0 radical (unpaired) electrons. The predicted molar refractivity (Wildman–Crippen MR) is 97.5 cm³/mol. The highest BCUT2D eigenvalue weighted by atomic mass is 31.3. The lowest BCUT2D eigenvalue weighted by Crippen LogP contribution is -2.33. The molecule has 0 aliphatic carbocycles. The highest BCUT2D eigenvalue weighted by molar-refractivity contribution is 7.70. The molecule has 1 fully saturated rings. The van der Waals surface area contributed by atoms with E-state index in [2.05, 4.69) is 23.8 Å². The SMILES string of the molecule is Nc1ncnc2c1ncn2[C@H]1O[C@H](COP(=O)(O)OP(=O)(O)NP(=O)(O)O)[C@H](O)[C@H]1O. The summed E-state index contributed by atoms with van der Waals surface area (Å²) in [6.45, 7) is -0.928. The van der Waals surface area contributed by atoms with Crippen molar-refractivity contribution >= 4 is 40.3 Å². The maximum atomic E-state index is 11.8. The van der Waals surface area contributed by atoms with E-state index >= 15 is 0 Å². The quantitative estimate of drug-likeness (QED) is 0.179. The first-order valence-corrected chi connectivity index (χ1v) is 12.7. The summed E-state index contributed by atoms with van der Waals surface area (Å²) in [6.07, 6.45) is -3.62. The molecule has 174 valence electrons. The molecule has 0 bridgehead atoms. The van der Waals surface area contributed by atoms with Crippen molar-refractivity contribution in [3.63, 3.8) is 0 Å². The van der Waals surface area contributed by atoms with Gasteiger partial charge < -0.3 is 40.3 Å². The topological polar surface area (TPSA) is 282 Å². The number of aliphatic hydroxyl groups is 2. The molecule has 2 aromatic heterocycles. The van der Waals surface area contributed by atoms with Gasteiger partial charge in [-0.3, -0.25) is 9.09 Å². The molecular formula is C10H17N6O12P3. The largest absolute Gasteiger partial charge is 0.480 e. The van der Waals surface area contributed by atoms with Gasteiger partial charge in [0.1, 0.15) is 30.2 Å². The number of nitrogen functional groups attached to an aromatic ring is 1. The average molecular weight is 506 g/mol. The van der Waals surface area contributed by atoms with E-state index in [9.17, 15) is 33.7 Å². The van der Waals surface area contributed by atoms with Crippen molar-refractivity contribution in [3.8, 4) is 0 Å². The maximum absolute atomic E-state index is 11.8. The van der Waals surface area contributed by atoms with Gasteiger partial charge in [0.25, 0.3) is 0 Å². The van der Waals surface area contributed by atoms with Crippen LogP contribution in [0.25, 0.3) is 11.2 Å². The molecular weight excluding hydrogens is 489 g/mol.